The molecule has 0 amide bonds. The Labute approximate surface area is 110 Å². The zero-order valence-electron chi connectivity index (χ0n) is 12.0. The van der Waals surface area contributed by atoms with Gasteiger partial charge in [0.05, 0.1) is 11.0 Å². The zero-order valence-corrected chi connectivity index (χ0v) is 12.0. The van der Waals surface area contributed by atoms with Gasteiger partial charge in [0.15, 0.2) is 0 Å². The highest BCUT2D eigenvalue weighted by Gasteiger charge is 2.17. The number of fused-ring (bicyclic) bond motifs is 1. The number of aryl methyl sites for hydroxylation is 2. The van der Waals surface area contributed by atoms with Gasteiger partial charge in [-0.15, -0.1) is 0 Å². The molecule has 1 aromatic carbocycles. The predicted molar refractivity (Wildman–Crippen MR) is 78.0 cm³/mol. The SMILES string of the molecule is CCCCC(CC)c1nc2c(C)cccc2n1C. The number of benzene rings is 1. The van der Waals surface area contributed by atoms with Gasteiger partial charge in [-0.3, -0.25) is 0 Å². The number of unbranched alkanes of at least 4 members (excludes halogenated alkanes) is 1. The van der Waals surface area contributed by atoms with E-state index in [-0.39, 0.29) is 0 Å². The normalized spacial score (nSPS) is 13.1. The molecule has 0 fully saturated rings. The van der Waals surface area contributed by atoms with Crippen LogP contribution in [0.2, 0.25) is 0 Å². The van der Waals surface area contributed by atoms with Crippen LogP contribution in [0.15, 0.2) is 18.2 Å². The second kappa shape index (κ2) is 5.55. The number of hydrogen-bond donors (Lipinski definition) is 0. The van der Waals surface area contributed by atoms with Gasteiger partial charge in [-0.25, -0.2) is 4.98 Å². The van der Waals surface area contributed by atoms with Crippen LogP contribution in [0.3, 0.4) is 0 Å². The van der Waals surface area contributed by atoms with Crippen LogP contribution in [0.4, 0.5) is 0 Å². The molecule has 0 saturated heterocycles. The van der Waals surface area contributed by atoms with Crippen LogP contribution in [0.5, 0.6) is 0 Å². The molecule has 2 aromatic rings. The predicted octanol–water partition coefficient (Wildman–Crippen LogP) is 4.57. The smallest absolute Gasteiger partial charge is 0.112 e. The van der Waals surface area contributed by atoms with Gasteiger partial charge < -0.3 is 4.57 Å². The van der Waals surface area contributed by atoms with Gasteiger partial charge in [0.1, 0.15) is 5.82 Å². The van der Waals surface area contributed by atoms with E-state index >= 15 is 0 Å². The molecule has 1 unspecified atom stereocenters. The van der Waals surface area contributed by atoms with E-state index in [1.807, 2.05) is 0 Å². The third kappa shape index (κ3) is 2.29. The van der Waals surface area contributed by atoms with Crippen molar-refractivity contribution in [3.8, 4) is 0 Å². The second-order valence-corrected chi connectivity index (χ2v) is 5.22. The van der Waals surface area contributed by atoms with Gasteiger partial charge >= 0.3 is 0 Å². The molecule has 98 valence electrons. The Morgan fingerprint density at radius 3 is 2.67 bits per heavy atom. The highest BCUT2D eigenvalue weighted by atomic mass is 15.1. The summed E-state index contributed by atoms with van der Waals surface area (Å²) in [5.74, 6) is 1.86. The van der Waals surface area contributed by atoms with Gasteiger partial charge in [0, 0.05) is 13.0 Å². The van der Waals surface area contributed by atoms with Gasteiger partial charge in [0.25, 0.3) is 0 Å². The first-order chi connectivity index (χ1) is 8.69. The minimum Gasteiger partial charge on any atom is -0.331 e. The van der Waals surface area contributed by atoms with Crippen LogP contribution < -0.4 is 0 Å². The number of rotatable bonds is 5. The molecule has 1 atom stereocenters. The Hall–Kier alpha value is -1.31. The Morgan fingerprint density at radius 1 is 1.28 bits per heavy atom. The molecule has 2 heteroatoms. The molecular weight excluding hydrogens is 220 g/mol. The Morgan fingerprint density at radius 2 is 2.06 bits per heavy atom. The molecular formula is C16H24N2. The summed E-state index contributed by atoms with van der Waals surface area (Å²) >= 11 is 0. The molecule has 0 radical (unpaired) electrons. The lowest BCUT2D eigenvalue weighted by atomic mass is 9.98. The number of aromatic nitrogens is 2. The quantitative estimate of drug-likeness (QED) is 0.753. The molecule has 0 N–H and O–H groups in total. The van der Waals surface area contributed by atoms with E-state index in [9.17, 15) is 0 Å². The molecule has 2 nitrogen and oxygen atoms in total. The van der Waals surface area contributed by atoms with Crippen LogP contribution in [-0.2, 0) is 7.05 Å². The van der Waals surface area contributed by atoms with E-state index in [4.69, 9.17) is 4.98 Å². The molecule has 2 rings (SSSR count). The minimum atomic E-state index is 0.599. The van der Waals surface area contributed by atoms with Crippen LogP contribution in [0.25, 0.3) is 11.0 Å². The van der Waals surface area contributed by atoms with E-state index in [1.165, 1.54) is 48.1 Å². The topological polar surface area (TPSA) is 17.8 Å². The number of hydrogen-bond acceptors (Lipinski definition) is 1. The molecule has 1 heterocycles. The van der Waals surface area contributed by atoms with Crippen LogP contribution in [0.1, 0.15) is 56.8 Å². The van der Waals surface area contributed by atoms with Crippen LogP contribution in [-0.4, -0.2) is 9.55 Å². The third-order valence-electron chi connectivity index (χ3n) is 3.91. The third-order valence-corrected chi connectivity index (χ3v) is 3.91. The molecule has 0 saturated carbocycles. The maximum atomic E-state index is 4.90. The monoisotopic (exact) mass is 244 g/mol. The van der Waals surface area contributed by atoms with Crippen molar-refractivity contribution in [3.63, 3.8) is 0 Å². The van der Waals surface area contributed by atoms with Crippen molar-refractivity contribution in [1.82, 2.24) is 9.55 Å². The van der Waals surface area contributed by atoms with E-state index in [2.05, 4.69) is 50.6 Å². The van der Waals surface area contributed by atoms with E-state index in [1.54, 1.807) is 0 Å². The van der Waals surface area contributed by atoms with E-state index in [0.29, 0.717) is 5.92 Å². The van der Waals surface area contributed by atoms with E-state index in [0.717, 1.165) is 0 Å². The van der Waals surface area contributed by atoms with Crippen LogP contribution >= 0.6 is 0 Å². The van der Waals surface area contributed by atoms with Crippen LogP contribution in [0, 0.1) is 6.92 Å². The maximum Gasteiger partial charge on any atom is 0.112 e. The Bertz CT molecular complexity index is 525. The van der Waals surface area contributed by atoms with Crippen molar-refractivity contribution in [1.29, 1.82) is 0 Å². The zero-order chi connectivity index (χ0) is 13.1. The second-order valence-electron chi connectivity index (χ2n) is 5.22. The fraction of sp³-hybridized carbons (Fsp3) is 0.562. The fourth-order valence-electron chi connectivity index (χ4n) is 2.70. The van der Waals surface area contributed by atoms with Gasteiger partial charge in [-0.1, -0.05) is 38.8 Å². The summed E-state index contributed by atoms with van der Waals surface area (Å²) in [6.45, 7) is 6.67. The van der Waals surface area contributed by atoms with Crippen molar-refractivity contribution in [2.45, 2.75) is 52.4 Å². The number of imidazole rings is 1. The van der Waals surface area contributed by atoms with Gasteiger partial charge in [-0.05, 0) is 31.4 Å². The average Bonchev–Trinajstić information content (AvgIpc) is 2.70. The summed E-state index contributed by atoms with van der Waals surface area (Å²) in [7, 11) is 2.15. The van der Waals surface area contributed by atoms with Gasteiger partial charge in [0.2, 0.25) is 0 Å². The Balaban J connectivity index is 2.43. The van der Waals surface area contributed by atoms with Crippen molar-refractivity contribution in [2.75, 3.05) is 0 Å². The van der Waals surface area contributed by atoms with Gasteiger partial charge in [-0.2, -0.15) is 0 Å². The molecule has 0 bridgehead atoms. The fourth-order valence-corrected chi connectivity index (χ4v) is 2.70. The summed E-state index contributed by atoms with van der Waals surface area (Å²) in [5, 5.41) is 0. The number of para-hydroxylation sites is 1. The molecule has 0 aliphatic carbocycles. The summed E-state index contributed by atoms with van der Waals surface area (Å²) in [5.41, 5.74) is 3.71. The molecule has 1 aromatic heterocycles. The molecule has 0 aliphatic rings. The summed E-state index contributed by atoms with van der Waals surface area (Å²) in [6, 6.07) is 6.44. The largest absolute Gasteiger partial charge is 0.331 e. The molecule has 0 spiro atoms. The lowest BCUT2D eigenvalue weighted by molar-refractivity contribution is 0.531. The Kier molecular flexibility index (Phi) is 4.05. The first-order valence-corrected chi connectivity index (χ1v) is 7.11. The average molecular weight is 244 g/mol. The highest BCUT2D eigenvalue weighted by Crippen LogP contribution is 2.28. The van der Waals surface area contributed by atoms with Crippen molar-refractivity contribution >= 4 is 11.0 Å². The lowest BCUT2D eigenvalue weighted by Crippen LogP contribution is -2.05. The first kappa shape index (κ1) is 13.1. The first-order valence-electron chi connectivity index (χ1n) is 7.11. The molecule has 0 aliphatic heterocycles. The molecule has 18 heavy (non-hydrogen) atoms. The van der Waals surface area contributed by atoms with Crippen molar-refractivity contribution in [2.24, 2.45) is 7.05 Å². The van der Waals surface area contributed by atoms with Crippen molar-refractivity contribution < 1.29 is 0 Å². The maximum absolute atomic E-state index is 4.90. The summed E-state index contributed by atoms with van der Waals surface area (Å²) < 4.78 is 2.28. The summed E-state index contributed by atoms with van der Waals surface area (Å²) in [4.78, 5) is 4.90. The minimum absolute atomic E-state index is 0.599. The summed E-state index contributed by atoms with van der Waals surface area (Å²) in [6.07, 6.45) is 4.99. The van der Waals surface area contributed by atoms with Crippen molar-refractivity contribution in [3.05, 3.63) is 29.6 Å². The van der Waals surface area contributed by atoms with E-state index < -0.39 is 0 Å². The standard InChI is InChI=1S/C16H24N2/c1-5-7-10-13(6-2)16-17-15-12(3)9-8-11-14(15)18(16)4/h8-9,11,13H,5-7,10H2,1-4H3. The highest BCUT2D eigenvalue weighted by molar-refractivity contribution is 5.79. The number of nitrogens with zero attached hydrogens (tertiary/aromatic N) is 2. The lowest BCUT2D eigenvalue weighted by Gasteiger charge is -2.14.